The number of carbonyl (C=O) groups excluding carboxylic acids is 1. The van der Waals surface area contributed by atoms with Crippen molar-refractivity contribution in [2.75, 3.05) is 31.5 Å². The van der Waals surface area contributed by atoms with Crippen LogP contribution in [0.3, 0.4) is 0 Å². The molecule has 4 rings (SSSR count). The molecule has 0 unspecified atom stereocenters. The third kappa shape index (κ3) is 4.44. The van der Waals surface area contributed by atoms with Crippen molar-refractivity contribution in [3.8, 4) is 0 Å². The highest BCUT2D eigenvalue weighted by atomic mass is 32.2. The summed E-state index contributed by atoms with van der Waals surface area (Å²) in [7, 11) is -3.52. The number of rotatable bonds is 5. The fourth-order valence-electron chi connectivity index (χ4n) is 4.03. The lowest BCUT2D eigenvalue weighted by atomic mass is 10.0. The molecule has 2 aliphatic rings. The highest BCUT2D eigenvalue weighted by Crippen LogP contribution is 2.29. The molecule has 3 heterocycles. The van der Waals surface area contributed by atoms with Crippen LogP contribution in [0.4, 0.5) is 5.13 Å². The van der Waals surface area contributed by atoms with Crippen LogP contribution >= 0.6 is 11.3 Å². The van der Waals surface area contributed by atoms with Gasteiger partial charge in [0.25, 0.3) is 5.91 Å². The van der Waals surface area contributed by atoms with E-state index in [1.807, 2.05) is 0 Å². The van der Waals surface area contributed by atoms with Crippen molar-refractivity contribution in [2.45, 2.75) is 44.6 Å². The Morgan fingerprint density at radius 3 is 2.73 bits per heavy atom. The lowest BCUT2D eigenvalue weighted by Crippen LogP contribution is -2.39. The number of sulfonamides is 1. The Morgan fingerprint density at radius 2 is 2.03 bits per heavy atom. The number of piperidine rings is 1. The van der Waals surface area contributed by atoms with Gasteiger partial charge in [-0.25, -0.2) is 13.4 Å². The first-order chi connectivity index (χ1) is 14.4. The summed E-state index contributed by atoms with van der Waals surface area (Å²) in [5.74, 6) is 0.0936. The molecule has 2 aromatic rings. The molecule has 9 heteroatoms. The standard InChI is InChI=1S/C21H28N4O3S2/c1-3-24-12-10-18-19(14-24)29-21(22-18)23-20(26)16-6-8-17(9-7-16)30(27,28)25-11-4-5-15(2)13-25/h6-9,15H,3-5,10-14H2,1-2H3,(H,22,23,26)/t15-/m1/s1. The molecule has 1 N–H and O–H groups in total. The Balaban J connectivity index is 1.44. The van der Waals surface area contributed by atoms with Crippen LogP contribution in [0.5, 0.6) is 0 Å². The Labute approximate surface area is 182 Å². The SMILES string of the molecule is CCN1CCc2nc(NC(=O)c3ccc(S(=O)(=O)N4CCC[C@@H](C)C4)cc3)sc2C1. The number of hydrogen-bond acceptors (Lipinski definition) is 6. The number of hydrogen-bond donors (Lipinski definition) is 1. The summed E-state index contributed by atoms with van der Waals surface area (Å²) in [5, 5.41) is 3.46. The molecular weight excluding hydrogens is 420 g/mol. The largest absolute Gasteiger partial charge is 0.298 e. The lowest BCUT2D eigenvalue weighted by Gasteiger charge is -2.30. The summed E-state index contributed by atoms with van der Waals surface area (Å²) in [6.07, 6.45) is 2.84. The molecule has 0 radical (unpaired) electrons. The minimum absolute atomic E-state index is 0.234. The molecule has 1 fully saturated rings. The second kappa shape index (κ2) is 8.74. The quantitative estimate of drug-likeness (QED) is 0.760. The average molecular weight is 449 g/mol. The third-order valence-corrected chi connectivity index (χ3v) is 8.73. The molecule has 0 aliphatic carbocycles. The van der Waals surface area contributed by atoms with Crippen LogP contribution in [-0.4, -0.2) is 54.7 Å². The third-order valence-electron chi connectivity index (χ3n) is 5.85. The number of aromatic nitrogens is 1. The van der Waals surface area contributed by atoms with E-state index in [1.54, 1.807) is 16.4 Å². The molecule has 1 atom stereocenters. The number of nitrogens with zero attached hydrogens (tertiary/aromatic N) is 3. The second-order valence-electron chi connectivity index (χ2n) is 8.10. The topological polar surface area (TPSA) is 82.6 Å². The minimum atomic E-state index is -3.52. The van der Waals surface area contributed by atoms with Crippen LogP contribution in [0, 0.1) is 5.92 Å². The fraction of sp³-hybridized carbons (Fsp3) is 0.524. The first-order valence-electron chi connectivity index (χ1n) is 10.5. The molecule has 162 valence electrons. The normalized spacial score (nSPS) is 20.7. The smallest absolute Gasteiger partial charge is 0.257 e. The molecule has 0 bridgehead atoms. The number of amides is 1. The van der Waals surface area contributed by atoms with Gasteiger partial charge in [0.15, 0.2) is 5.13 Å². The monoisotopic (exact) mass is 448 g/mol. The van der Waals surface area contributed by atoms with Crippen molar-refractivity contribution in [3.05, 3.63) is 40.4 Å². The summed E-state index contributed by atoms with van der Waals surface area (Å²) in [4.78, 5) is 21.0. The predicted octanol–water partition coefficient (Wildman–Crippen LogP) is 3.19. The van der Waals surface area contributed by atoms with E-state index < -0.39 is 10.0 Å². The van der Waals surface area contributed by atoms with Gasteiger partial charge in [-0.3, -0.25) is 15.0 Å². The van der Waals surface area contributed by atoms with Gasteiger partial charge in [-0.15, -0.1) is 11.3 Å². The summed E-state index contributed by atoms with van der Waals surface area (Å²) in [5.41, 5.74) is 1.49. The first kappa shape index (κ1) is 21.4. The molecule has 2 aliphatic heterocycles. The van der Waals surface area contributed by atoms with Crippen molar-refractivity contribution in [1.82, 2.24) is 14.2 Å². The molecule has 30 heavy (non-hydrogen) atoms. The molecule has 1 saturated heterocycles. The van der Waals surface area contributed by atoms with E-state index in [-0.39, 0.29) is 10.8 Å². The van der Waals surface area contributed by atoms with Gasteiger partial charge >= 0.3 is 0 Å². The van der Waals surface area contributed by atoms with Gasteiger partial charge in [0.1, 0.15) is 0 Å². The highest BCUT2D eigenvalue weighted by molar-refractivity contribution is 7.89. The van der Waals surface area contributed by atoms with E-state index in [9.17, 15) is 13.2 Å². The molecule has 0 saturated carbocycles. The van der Waals surface area contributed by atoms with Crippen LogP contribution < -0.4 is 5.32 Å². The first-order valence-corrected chi connectivity index (χ1v) is 12.7. The van der Waals surface area contributed by atoms with E-state index in [1.165, 1.54) is 28.3 Å². The Bertz CT molecular complexity index is 1020. The number of anilines is 1. The zero-order chi connectivity index (χ0) is 21.3. The van der Waals surface area contributed by atoms with Gasteiger partial charge in [-0.1, -0.05) is 13.8 Å². The number of nitrogens with one attached hydrogen (secondary N) is 1. The number of fused-ring (bicyclic) bond motifs is 1. The summed E-state index contributed by atoms with van der Waals surface area (Å²) >= 11 is 1.52. The second-order valence-corrected chi connectivity index (χ2v) is 11.1. The van der Waals surface area contributed by atoms with E-state index >= 15 is 0 Å². The number of carbonyl (C=O) groups is 1. The minimum Gasteiger partial charge on any atom is -0.298 e. The molecule has 1 aromatic heterocycles. The maximum Gasteiger partial charge on any atom is 0.257 e. The summed E-state index contributed by atoms with van der Waals surface area (Å²) in [6, 6.07) is 6.19. The molecule has 7 nitrogen and oxygen atoms in total. The Morgan fingerprint density at radius 1 is 1.27 bits per heavy atom. The summed E-state index contributed by atoms with van der Waals surface area (Å²) in [6.45, 7) is 8.20. The highest BCUT2D eigenvalue weighted by Gasteiger charge is 2.28. The lowest BCUT2D eigenvalue weighted by molar-refractivity contribution is 0.102. The summed E-state index contributed by atoms with van der Waals surface area (Å²) < 4.78 is 27.3. The van der Waals surface area contributed by atoms with Gasteiger partial charge < -0.3 is 0 Å². The number of benzene rings is 1. The zero-order valence-corrected chi connectivity index (χ0v) is 19.1. The molecule has 0 spiro atoms. The van der Waals surface area contributed by atoms with E-state index in [0.717, 1.165) is 44.6 Å². The van der Waals surface area contributed by atoms with Gasteiger partial charge in [0.05, 0.1) is 10.6 Å². The molecular formula is C21H28N4O3S2. The fourth-order valence-corrected chi connectivity index (χ4v) is 6.68. The van der Waals surface area contributed by atoms with Crippen molar-refractivity contribution >= 4 is 32.4 Å². The van der Waals surface area contributed by atoms with E-state index in [2.05, 4.69) is 29.0 Å². The van der Waals surface area contributed by atoms with Crippen molar-refractivity contribution in [2.24, 2.45) is 5.92 Å². The van der Waals surface area contributed by atoms with E-state index in [0.29, 0.717) is 29.7 Å². The zero-order valence-electron chi connectivity index (χ0n) is 17.4. The maximum absolute atomic E-state index is 12.9. The van der Waals surface area contributed by atoms with Crippen molar-refractivity contribution in [3.63, 3.8) is 0 Å². The van der Waals surface area contributed by atoms with Gasteiger partial charge in [-0.05, 0) is 49.6 Å². The average Bonchev–Trinajstić information content (AvgIpc) is 3.15. The van der Waals surface area contributed by atoms with Gasteiger partial charge in [0, 0.05) is 43.0 Å². The van der Waals surface area contributed by atoms with Crippen LogP contribution in [-0.2, 0) is 23.0 Å². The molecule has 1 aromatic carbocycles. The van der Waals surface area contributed by atoms with Gasteiger partial charge in [0.2, 0.25) is 10.0 Å². The Kier molecular flexibility index (Phi) is 6.24. The van der Waals surface area contributed by atoms with Crippen LogP contribution in [0.1, 0.15) is 47.6 Å². The van der Waals surface area contributed by atoms with Gasteiger partial charge in [-0.2, -0.15) is 4.31 Å². The predicted molar refractivity (Wildman–Crippen MR) is 118 cm³/mol. The van der Waals surface area contributed by atoms with E-state index in [4.69, 9.17) is 0 Å². The number of likely N-dealkylation sites (N-methyl/N-ethyl adjacent to an activating group) is 1. The molecule has 1 amide bonds. The van der Waals surface area contributed by atoms with Crippen LogP contribution in [0.25, 0.3) is 0 Å². The van der Waals surface area contributed by atoms with Crippen LogP contribution in [0.2, 0.25) is 0 Å². The number of thiazole rings is 1. The van der Waals surface area contributed by atoms with Crippen molar-refractivity contribution in [1.29, 1.82) is 0 Å². The Hall–Kier alpha value is -1.81. The maximum atomic E-state index is 12.9. The van der Waals surface area contributed by atoms with Crippen LogP contribution in [0.15, 0.2) is 29.2 Å². The van der Waals surface area contributed by atoms with Crippen molar-refractivity contribution < 1.29 is 13.2 Å².